The number of para-hydroxylation sites is 2. The van der Waals surface area contributed by atoms with Crippen molar-refractivity contribution in [2.45, 2.75) is 19.6 Å². The van der Waals surface area contributed by atoms with Gasteiger partial charge in [-0.1, -0.05) is 36.4 Å². The van der Waals surface area contributed by atoms with E-state index in [9.17, 15) is 10.2 Å². The molecule has 3 aromatic rings. The number of aliphatic imine (C=N–C) groups is 1. The molecule has 28 heavy (non-hydrogen) atoms. The van der Waals surface area contributed by atoms with Crippen molar-refractivity contribution in [1.29, 1.82) is 0 Å². The van der Waals surface area contributed by atoms with Crippen LogP contribution in [0, 0.1) is 6.92 Å². The number of nitrogens with zero attached hydrogens (tertiary/aromatic N) is 3. The maximum absolute atomic E-state index is 10.9. The van der Waals surface area contributed by atoms with Crippen molar-refractivity contribution >= 4 is 28.5 Å². The summed E-state index contributed by atoms with van der Waals surface area (Å²) in [5, 5.41) is 21.3. The van der Waals surface area contributed by atoms with Gasteiger partial charge in [-0.25, -0.2) is 4.99 Å². The Balaban J connectivity index is 1.77. The number of fused-ring (bicyclic) bond motifs is 2. The summed E-state index contributed by atoms with van der Waals surface area (Å²) in [4.78, 5) is 6.61. The highest BCUT2D eigenvalue weighted by molar-refractivity contribution is 6.02. The first-order chi connectivity index (χ1) is 13.6. The molecule has 2 heterocycles. The Morgan fingerprint density at radius 2 is 1.82 bits per heavy atom. The van der Waals surface area contributed by atoms with E-state index in [4.69, 9.17) is 4.99 Å². The molecule has 144 valence electrons. The van der Waals surface area contributed by atoms with Crippen molar-refractivity contribution in [2.75, 3.05) is 13.2 Å². The lowest BCUT2D eigenvalue weighted by Gasteiger charge is -2.34. The van der Waals surface area contributed by atoms with Crippen LogP contribution in [0.3, 0.4) is 0 Å². The van der Waals surface area contributed by atoms with Crippen molar-refractivity contribution < 1.29 is 10.2 Å². The van der Waals surface area contributed by atoms with E-state index in [0.29, 0.717) is 18.8 Å². The number of aliphatic hydroxyl groups is 2. The summed E-state index contributed by atoms with van der Waals surface area (Å²) in [6, 6.07) is 16.0. The van der Waals surface area contributed by atoms with Crippen LogP contribution in [0.4, 0.5) is 5.69 Å². The van der Waals surface area contributed by atoms with E-state index < -0.39 is 6.23 Å². The summed E-state index contributed by atoms with van der Waals surface area (Å²) in [6.07, 6.45) is 3.84. The smallest absolute Gasteiger partial charge is 0.156 e. The number of aryl methyl sites for hydroxylation is 1. The van der Waals surface area contributed by atoms with E-state index in [0.717, 1.165) is 16.8 Å². The van der Waals surface area contributed by atoms with Crippen LogP contribution in [0.1, 0.15) is 29.5 Å². The normalized spacial score (nSPS) is 16.6. The van der Waals surface area contributed by atoms with Gasteiger partial charge in [-0.05, 0) is 37.6 Å². The van der Waals surface area contributed by atoms with Crippen molar-refractivity contribution in [3.63, 3.8) is 0 Å². The SMILES string of the molecule is Cc1c(C=CC2=Nc3ccccc3C(O)N2CCCO)c2ccccc2n1C. The van der Waals surface area contributed by atoms with Crippen molar-refractivity contribution in [3.8, 4) is 0 Å². The first-order valence-corrected chi connectivity index (χ1v) is 9.57. The molecule has 0 amide bonds. The van der Waals surface area contributed by atoms with E-state index in [1.165, 1.54) is 16.6 Å². The van der Waals surface area contributed by atoms with E-state index in [1.807, 2.05) is 47.4 Å². The molecule has 5 nitrogen and oxygen atoms in total. The topological polar surface area (TPSA) is 61.0 Å². The molecule has 1 unspecified atom stereocenters. The molecule has 1 aliphatic heterocycles. The van der Waals surface area contributed by atoms with Crippen molar-refractivity contribution in [3.05, 3.63) is 71.4 Å². The lowest BCUT2D eigenvalue weighted by Crippen LogP contribution is -2.37. The van der Waals surface area contributed by atoms with Gasteiger partial charge in [-0.2, -0.15) is 0 Å². The van der Waals surface area contributed by atoms with E-state index in [2.05, 4.69) is 36.7 Å². The second-order valence-corrected chi connectivity index (χ2v) is 7.08. The number of hydrogen-bond acceptors (Lipinski definition) is 4. The van der Waals surface area contributed by atoms with Gasteiger partial charge < -0.3 is 19.7 Å². The maximum Gasteiger partial charge on any atom is 0.156 e. The number of amidine groups is 1. The third-order valence-corrected chi connectivity index (χ3v) is 5.44. The number of aliphatic hydroxyl groups excluding tert-OH is 2. The lowest BCUT2D eigenvalue weighted by molar-refractivity contribution is 0.0477. The second-order valence-electron chi connectivity index (χ2n) is 7.08. The van der Waals surface area contributed by atoms with Gasteiger partial charge >= 0.3 is 0 Å². The fourth-order valence-corrected chi connectivity index (χ4v) is 3.82. The Hall–Kier alpha value is -2.89. The minimum absolute atomic E-state index is 0.0737. The molecule has 2 N–H and O–H groups in total. The zero-order valence-electron chi connectivity index (χ0n) is 16.2. The molecule has 1 aromatic heterocycles. The van der Waals surface area contributed by atoms with Gasteiger partial charge in [0.2, 0.25) is 0 Å². The molecular formula is C23H25N3O2. The monoisotopic (exact) mass is 375 g/mol. The van der Waals surface area contributed by atoms with Crippen LogP contribution in [0.2, 0.25) is 0 Å². The highest BCUT2D eigenvalue weighted by Crippen LogP contribution is 2.34. The van der Waals surface area contributed by atoms with Crippen molar-refractivity contribution in [1.82, 2.24) is 9.47 Å². The van der Waals surface area contributed by atoms with Crippen LogP contribution in [0.5, 0.6) is 0 Å². The Labute approximate surface area is 164 Å². The molecule has 0 saturated heterocycles. The summed E-state index contributed by atoms with van der Waals surface area (Å²) in [6.45, 7) is 2.71. The molecule has 0 bridgehead atoms. The molecule has 1 aliphatic rings. The van der Waals surface area contributed by atoms with Crippen LogP contribution in [0.25, 0.3) is 17.0 Å². The van der Waals surface area contributed by atoms with E-state index in [1.54, 1.807) is 0 Å². The van der Waals surface area contributed by atoms with Gasteiger partial charge in [0.05, 0.1) is 5.69 Å². The average Bonchev–Trinajstić information content (AvgIpc) is 2.96. The molecule has 0 aliphatic carbocycles. The molecule has 0 radical (unpaired) electrons. The van der Waals surface area contributed by atoms with Gasteiger partial charge in [0.25, 0.3) is 0 Å². The molecule has 0 saturated carbocycles. The Morgan fingerprint density at radius 1 is 1.07 bits per heavy atom. The predicted octanol–water partition coefficient (Wildman–Crippen LogP) is 3.92. The highest BCUT2D eigenvalue weighted by atomic mass is 16.3. The molecule has 0 fully saturated rings. The quantitative estimate of drug-likeness (QED) is 0.711. The van der Waals surface area contributed by atoms with Crippen LogP contribution in [-0.2, 0) is 7.05 Å². The van der Waals surface area contributed by atoms with Gasteiger partial charge in [0.1, 0.15) is 5.84 Å². The third kappa shape index (κ3) is 3.13. The third-order valence-electron chi connectivity index (χ3n) is 5.44. The largest absolute Gasteiger partial charge is 0.396 e. The van der Waals surface area contributed by atoms with Gasteiger partial charge in [0.15, 0.2) is 6.23 Å². The van der Waals surface area contributed by atoms with Crippen LogP contribution >= 0.6 is 0 Å². The summed E-state index contributed by atoms with van der Waals surface area (Å²) < 4.78 is 2.19. The van der Waals surface area contributed by atoms with Gasteiger partial charge in [-0.15, -0.1) is 0 Å². The second kappa shape index (κ2) is 7.62. The number of rotatable bonds is 5. The fourth-order valence-electron chi connectivity index (χ4n) is 3.82. The zero-order valence-corrected chi connectivity index (χ0v) is 16.2. The van der Waals surface area contributed by atoms with Gasteiger partial charge in [-0.3, -0.25) is 0 Å². The molecule has 4 rings (SSSR count). The number of aromatic nitrogens is 1. The standard InChI is InChI=1S/C23H25N3O2/c1-16-17(18-8-4-6-11-21(18)25(16)2)12-13-22-24-20-10-5-3-9-19(20)23(28)26(22)14-7-15-27/h3-6,8-13,23,27-28H,7,14-15H2,1-2H3. The summed E-state index contributed by atoms with van der Waals surface area (Å²) >= 11 is 0. The number of benzene rings is 2. The number of hydrogen-bond donors (Lipinski definition) is 2. The minimum Gasteiger partial charge on any atom is -0.396 e. The van der Waals surface area contributed by atoms with E-state index in [-0.39, 0.29) is 6.61 Å². The van der Waals surface area contributed by atoms with Crippen LogP contribution in [0.15, 0.2) is 59.6 Å². The van der Waals surface area contributed by atoms with Crippen molar-refractivity contribution in [2.24, 2.45) is 12.0 Å². The Bertz CT molecular complexity index is 1060. The summed E-state index contributed by atoms with van der Waals surface area (Å²) in [5.74, 6) is 0.701. The molecule has 0 spiro atoms. The summed E-state index contributed by atoms with van der Waals surface area (Å²) in [5.41, 5.74) is 5.09. The predicted molar refractivity (Wildman–Crippen MR) is 114 cm³/mol. The maximum atomic E-state index is 10.9. The zero-order chi connectivity index (χ0) is 19.7. The first kappa shape index (κ1) is 18.5. The molecule has 2 aromatic carbocycles. The molecule has 1 atom stereocenters. The fraction of sp³-hybridized carbons (Fsp3) is 0.261. The van der Waals surface area contributed by atoms with E-state index >= 15 is 0 Å². The lowest BCUT2D eigenvalue weighted by atomic mass is 10.1. The minimum atomic E-state index is -0.770. The Kier molecular flexibility index (Phi) is 5.03. The molecular weight excluding hydrogens is 350 g/mol. The van der Waals surface area contributed by atoms with Crippen LogP contribution < -0.4 is 0 Å². The average molecular weight is 375 g/mol. The van der Waals surface area contributed by atoms with Gasteiger partial charge in [0, 0.05) is 47.9 Å². The molecule has 5 heteroatoms. The van der Waals surface area contributed by atoms with Crippen LogP contribution in [-0.4, -0.2) is 38.7 Å². The summed E-state index contributed by atoms with van der Waals surface area (Å²) in [7, 11) is 2.07. The Morgan fingerprint density at radius 3 is 2.64 bits per heavy atom. The first-order valence-electron chi connectivity index (χ1n) is 9.57. The highest BCUT2D eigenvalue weighted by Gasteiger charge is 2.26.